The Hall–Kier alpha value is -2.28. The summed E-state index contributed by atoms with van der Waals surface area (Å²) in [6, 6.07) is 9.00. The van der Waals surface area contributed by atoms with Crippen LogP contribution in [0, 0.1) is 11.3 Å². The topological polar surface area (TPSA) is 88.2 Å². The highest BCUT2D eigenvalue weighted by molar-refractivity contribution is 5.99. The quantitative estimate of drug-likeness (QED) is 0.736. The molecule has 0 saturated carbocycles. The Kier molecular flexibility index (Phi) is 3.67. The van der Waals surface area contributed by atoms with Crippen molar-refractivity contribution < 1.29 is 0 Å². The van der Waals surface area contributed by atoms with Crippen molar-refractivity contribution in [3.05, 3.63) is 41.2 Å². The molecule has 4 N–H and O–H groups in total. The monoisotopic (exact) mass is 214 g/mol. The van der Waals surface area contributed by atoms with E-state index in [0.29, 0.717) is 22.7 Å². The molecule has 4 nitrogen and oxygen atoms in total. The number of aliphatic imine (C=N–C) groups is 1. The van der Waals surface area contributed by atoms with Crippen molar-refractivity contribution in [3.8, 4) is 6.07 Å². The third-order valence-electron chi connectivity index (χ3n) is 2.11. The molecule has 0 aliphatic heterocycles. The smallest absolute Gasteiger partial charge is 0.0991 e. The molecule has 1 rings (SSSR count). The number of benzene rings is 1. The van der Waals surface area contributed by atoms with Crippen molar-refractivity contribution in [2.45, 2.75) is 13.8 Å². The van der Waals surface area contributed by atoms with E-state index in [1.165, 1.54) is 0 Å². The highest BCUT2D eigenvalue weighted by atomic mass is 14.8. The zero-order chi connectivity index (χ0) is 12.1. The number of nitrogens with zero attached hydrogens (tertiary/aromatic N) is 2. The van der Waals surface area contributed by atoms with E-state index in [1.807, 2.05) is 6.07 Å². The molecule has 4 heteroatoms. The number of hydrogen-bond donors (Lipinski definition) is 2. The first kappa shape index (κ1) is 11.8. The lowest BCUT2D eigenvalue weighted by molar-refractivity contribution is 1.22. The van der Waals surface area contributed by atoms with E-state index in [-0.39, 0.29) is 0 Å². The largest absolute Gasteiger partial charge is 0.401 e. The average molecular weight is 214 g/mol. The Labute approximate surface area is 94.9 Å². The minimum Gasteiger partial charge on any atom is -0.401 e. The second-order valence-corrected chi connectivity index (χ2v) is 3.45. The van der Waals surface area contributed by atoms with Gasteiger partial charge in [-0.05, 0) is 38.1 Å². The van der Waals surface area contributed by atoms with E-state index < -0.39 is 0 Å². The Morgan fingerprint density at radius 2 is 1.75 bits per heavy atom. The maximum absolute atomic E-state index is 8.64. The molecule has 0 bridgehead atoms. The van der Waals surface area contributed by atoms with Crippen molar-refractivity contribution in [3.63, 3.8) is 0 Å². The van der Waals surface area contributed by atoms with Gasteiger partial charge < -0.3 is 11.5 Å². The maximum atomic E-state index is 8.64. The second-order valence-electron chi connectivity index (χ2n) is 3.45. The first-order chi connectivity index (χ1) is 7.54. The molecule has 82 valence electrons. The van der Waals surface area contributed by atoms with E-state index in [2.05, 4.69) is 4.99 Å². The summed E-state index contributed by atoms with van der Waals surface area (Å²) in [5.41, 5.74) is 14.4. The molecule has 0 amide bonds. The van der Waals surface area contributed by atoms with Crippen LogP contribution in [0.2, 0.25) is 0 Å². The van der Waals surface area contributed by atoms with Gasteiger partial charge in [-0.1, -0.05) is 0 Å². The van der Waals surface area contributed by atoms with Gasteiger partial charge in [0.25, 0.3) is 0 Å². The van der Waals surface area contributed by atoms with E-state index in [9.17, 15) is 0 Å². The highest BCUT2D eigenvalue weighted by Crippen LogP contribution is 2.14. The van der Waals surface area contributed by atoms with Crippen LogP contribution in [0.4, 0.5) is 5.69 Å². The fourth-order valence-corrected chi connectivity index (χ4v) is 1.15. The number of allylic oxidation sites excluding steroid dienone is 2. The number of rotatable bonds is 2. The Morgan fingerprint density at radius 3 is 2.19 bits per heavy atom. The zero-order valence-corrected chi connectivity index (χ0v) is 9.36. The number of nitriles is 1. The molecule has 1 aromatic rings. The van der Waals surface area contributed by atoms with Crippen molar-refractivity contribution in [2.75, 3.05) is 0 Å². The van der Waals surface area contributed by atoms with Crippen LogP contribution in [-0.4, -0.2) is 5.71 Å². The van der Waals surface area contributed by atoms with Crippen molar-refractivity contribution in [1.82, 2.24) is 0 Å². The van der Waals surface area contributed by atoms with Gasteiger partial charge in [-0.15, -0.1) is 0 Å². The van der Waals surface area contributed by atoms with Crippen LogP contribution in [0.3, 0.4) is 0 Å². The molecule has 16 heavy (non-hydrogen) atoms. The lowest BCUT2D eigenvalue weighted by Crippen LogP contribution is -2.14. The van der Waals surface area contributed by atoms with Crippen LogP contribution in [0.25, 0.3) is 0 Å². The molecule has 0 unspecified atom stereocenters. The molecule has 0 heterocycles. The first-order valence-electron chi connectivity index (χ1n) is 4.82. The Bertz CT molecular complexity index is 471. The number of nitrogens with two attached hydrogens (primary N) is 2. The van der Waals surface area contributed by atoms with Gasteiger partial charge in [-0.2, -0.15) is 5.26 Å². The van der Waals surface area contributed by atoms with Crippen LogP contribution in [0.1, 0.15) is 19.4 Å². The summed E-state index contributed by atoms with van der Waals surface area (Å²) < 4.78 is 0. The molecule has 0 aliphatic carbocycles. The SMILES string of the molecule is CC(=Nc1ccc(C#N)cc1)C(N)=C(C)N. The van der Waals surface area contributed by atoms with Crippen LogP contribution in [-0.2, 0) is 0 Å². The lowest BCUT2D eigenvalue weighted by Gasteiger charge is -2.03. The summed E-state index contributed by atoms with van der Waals surface area (Å²) in [5.74, 6) is 0. The third-order valence-corrected chi connectivity index (χ3v) is 2.11. The van der Waals surface area contributed by atoms with E-state index in [0.717, 1.165) is 5.69 Å². The molecule has 0 saturated heterocycles. The standard InChI is InChI=1S/C12H14N4/c1-8(14)12(15)9(2)16-11-5-3-10(7-13)4-6-11/h3-6H,14-15H2,1-2H3. The van der Waals surface area contributed by atoms with E-state index >= 15 is 0 Å². The maximum Gasteiger partial charge on any atom is 0.0991 e. The summed E-state index contributed by atoms with van der Waals surface area (Å²) in [6.45, 7) is 3.52. The number of hydrogen-bond acceptors (Lipinski definition) is 4. The van der Waals surface area contributed by atoms with Crippen LogP contribution >= 0.6 is 0 Å². The average Bonchev–Trinajstić information content (AvgIpc) is 2.28. The van der Waals surface area contributed by atoms with Crippen LogP contribution < -0.4 is 11.5 Å². The van der Waals surface area contributed by atoms with Gasteiger partial charge in [0.2, 0.25) is 0 Å². The zero-order valence-electron chi connectivity index (χ0n) is 9.36. The lowest BCUT2D eigenvalue weighted by atomic mass is 10.2. The summed E-state index contributed by atoms with van der Waals surface area (Å²) in [6.07, 6.45) is 0. The van der Waals surface area contributed by atoms with Crippen molar-refractivity contribution in [1.29, 1.82) is 5.26 Å². The molecule has 0 fully saturated rings. The van der Waals surface area contributed by atoms with Crippen LogP contribution in [0.5, 0.6) is 0 Å². The summed E-state index contributed by atoms with van der Waals surface area (Å²) >= 11 is 0. The minimum absolute atomic E-state index is 0.490. The molecule has 0 aromatic heterocycles. The predicted molar refractivity (Wildman–Crippen MR) is 65.0 cm³/mol. The van der Waals surface area contributed by atoms with Gasteiger partial charge in [0.1, 0.15) is 0 Å². The van der Waals surface area contributed by atoms with Crippen molar-refractivity contribution >= 4 is 11.4 Å². The van der Waals surface area contributed by atoms with Crippen molar-refractivity contribution in [2.24, 2.45) is 16.5 Å². The summed E-state index contributed by atoms with van der Waals surface area (Å²) in [4.78, 5) is 4.30. The fraction of sp³-hybridized carbons (Fsp3) is 0.167. The summed E-state index contributed by atoms with van der Waals surface area (Å²) in [5, 5.41) is 8.64. The molecular formula is C12H14N4. The fourth-order valence-electron chi connectivity index (χ4n) is 1.15. The Balaban J connectivity index is 3.00. The normalized spacial score (nSPS) is 12.9. The molecule has 0 radical (unpaired) electrons. The van der Waals surface area contributed by atoms with Gasteiger partial charge in [0, 0.05) is 5.70 Å². The molecular weight excluding hydrogens is 200 g/mol. The van der Waals surface area contributed by atoms with Gasteiger partial charge in [-0.25, -0.2) is 0 Å². The minimum atomic E-state index is 0.490. The molecule has 0 atom stereocenters. The molecule has 1 aromatic carbocycles. The highest BCUT2D eigenvalue weighted by Gasteiger charge is 1.99. The summed E-state index contributed by atoms with van der Waals surface area (Å²) in [7, 11) is 0. The van der Waals surface area contributed by atoms with Gasteiger partial charge in [0.15, 0.2) is 0 Å². The Morgan fingerprint density at radius 1 is 1.19 bits per heavy atom. The van der Waals surface area contributed by atoms with E-state index in [1.54, 1.807) is 38.1 Å². The van der Waals surface area contributed by atoms with Crippen LogP contribution in [0.15, 0.2) is 40.7 Å². The first-order valence-corrected chi connectivity index (χ1v) is 4.82. The van der Waals surface area contributed by atoms with E-state index in [4.69, 9.17) is 16.7 Å². The predicted octanol–water partition coefficient (Wildman–Crippen LogP) is 1.80. The molecule has 0 aliphatic rings. The third kappa shape index (κ3) is 2.85. The second kappa shape index (κ2) is 4.99. The van der Waals surface area contributed by atoms with Gasteiger partial charge in [-0.3, -0.25) is 4.99 Å². The van der Waals surface area contributed by atoms with Gasteiger partial charge >= 0.3 is 0 Å². The molecule has 0 spiro atoms. The van der Waals surface area contributed by atoms with Gasteiger partial charge in [0.05, 0.1) is 28.7 Å².